The number of benzene rings is 2. The van der Waals surface area contributed by atoms with Crippen LogP contribution in [0.2, 0.25) is 0 Å². The van der Waals surface area contributed by atoms with Crippen molar-refractivity contribution in [3.63, 3.8) is 0 Å². The van der Waals surface area contributed by atoms with Gasteiger partial charge in [-0.2, -0.15) is 0 Å². The average Bonchev–Trinajstić information content (AvgIpc) is 3.37. The van der Waals surface area contributed by atoms with Crippen molar-refractivity contribution in [3.8, 4) is 0 Å². The van der Waals surface area contributed by atoms with E-state index in [4.69, 9.17) is 0 Å². The topological polar surface area (TPSA) is 91.6 Å². The summed E-state index contributed by atoms with van der Waals surface area (Å²) >= 11 is 1.49. The number of aromatic carboxylic acids is 1. The molecule has 2 N–H and O–H groups in total. The van der Waals surface area contributed by atoms with Crippen LogP contribution in [0.1, 0.15) is 33.3 Å². The first kappa shape index (κ1) is 22.3. The number of aryl methyl sites for hydroxylation is 1. The molecule has 168 valence electrons. The summed E-state index contributed by atoms with van der Waals surface area (Å²) < 4.78 is 2.61. The number of carbonyl (C=O) groups is 3. The highest BCUT2D eigenvalue weighted by Crippen LogP contribution is 2.27. The highest BCUT2D eigenvalue weighted by atomic mass is 32.1. The lowest BCUT2D eigenvalue weighted by Gasteiger charge is -2.22. The van der Waals surface area contributed by atoms with Gasteiger partial charge in [-0.25, -0.2) is 4.79 Å². The van der Waals surface area contributed by atoms with E-state index in [1.54, 1.807) is 27.7 Å². The SMILES string of the molecule is CCN(C(=O)Cn1c(C(=O)Nc2cccc(C(=O)O)c2)cc2sccc21)c1cccc(C)c1. The Morgan fingerprint density at radius 2 is 1.85 bits per heavy atom. The Morgan fingerprint density at radius 1 is 1.06 bits per heavy atom. The fraction of sp³-hybridized carbons (Fsp3) is 0.160. The number of thiophene rings is 1. The number of carboxylic acid groups (broad SMARTS) is 1. The lowest BCUT2D eigenvalue weighted by atomic mass is 10.2. The van der Waals surface area contributed by atoms with Crippen LogP contribution in [0.25, 0.3) is 10.2 Å². The van der Waals surface area contributed by atoms with Gasteiger partial charge >= 0.3 is 5.97 Å². The van der Waals surface area contributed by atoms with Gasteiger partial charge in [0.15, 0.2) is 0 Å². The third-order valence-electron chi connectivity index (χ3n) is 5.35. The lowest BCUT2D eigenvalue weighted by molar-refractivity contribution is -0.119. The minimum absolute atomic E-state index is 0.0000653. The largest absolute Gasteiger partial charge is 0.478 e. The standard InChI is InChI=1S/C25H23N3O4S/c1-3-27(19-9-4-6-16(2)12-19)23(29)15-28-20-10-11-33-22(20)14-21(28)24(30)26-18-8-5-7-17(13-18)25(31)32/h4-14H,3,15H2,1-2H3,(H,26,30)(H,31,32). The average molecular weight is 462 g/mol. The van der Waals surface area contributed by atoms with Crippen LogP contribution in [0, 0.1) is 6.92 Å². The smallest absolute Gasteiger partial charge is 0.335 e. The Morgan fingerprint density at radius 3 is 2.58 bits per heavy atom. The molecule has 7 nitrogen and oxygen atoms in total. The summed E-state index contributed by atoms with van der Waals surface area (Å²) in [5, 5.41) is 13.9. The molecular formula is C25H23N3O4S. The molecule has 8 heteroatoms. The van der Waals surface area contributed by atoms with E-state index < -0.39 is 11.9 Å². The zero-order chi connectivity index (χ0) is 23.5. The molecule has 4 rings (SSSR count). The van der Waals surface area contributed by atoms with E-state index in [2.05, 4.69) is 5.32 Å². The van der Waals surface area contributed by atoms with E-state index in [9.17, 15) is 19.5 Å². The second-order valence-electron chi connectivity index (χ2n) is 7.60. The van der Waals surface area contributed by atoms with Gasteiger partial charge in [-0.15, -0.1) is 11.3 Å². The number of likely N-dealkylation sites (N-methyl/N-ethyl adjacent to an activating group) is 1. The monoisotopic (exact) mass is 461 g/mol. The molecule has 0 aliphatic carbocycles. The predicted octanol–water partition coefficient (Wildman–Crippen LogP) is 5.01. The zero-order valence-corrected chi connectivity index (χ0v) is 19.1. The molecule has 0 radical (unpaired) electrons. The zero-order valence-electron chi connectivity index (χ0n) is 18.2. The van der Waals surface area contributed by atoms with E-state index in [0.29, 0.717) is 17.9 Å². The highest BCUT2D eigenvalue weighted by Gasteiger charge is 2.22. The van der Waals surface area contributed by atoms with E-state index in [1.807, 2.05) is 49.6 Å². The van der Waals surface area contributed by atoms with E-state index in [0.717, 1.165) is 21.5 Å². The van der Waals surface area contributed by atoms with Gasteiger partial charge in [-0.05, 0) is 67.3 Å². The fourth-order valence-electron chi connectivity index (χ4n) is 3.78. The molecular weight excluding hydrogens is 438 g/mol. The summed E-state index contributed by atoms with van der Waals surface area (Å²) in [6, 6.07) is 17.4. The van der Waals surface area contributed by atoms with Crippen molar-refractivity contribution < 1.29 is 19.5 Å². The Hall–Kier alpha value is -3.91. The van der Waals surface area contributed by atoms with Crippen LogP contribution in [0.3, 0.4) is 0 Å². The van der Waals surface area contributed by atoms with Crippen LogP contribution in [-0.2, 0) is 11.3 Å². The Kier molecular flexibility index (Phi) is 6.28. The Bertz CT molecular complexity index is 1350. The summed E-state index contributed by atoms with van der Waals surface area (Å²) in [4.78, 5) is 39.3. The first-order chi connectivity index (χ1) is 15.9. The minimum atomic E-state index is -1.07. The molecule has 0 bridgehead atoms. The normalized spacial score (nSPS) is 10.8. The second kappa shape index (κ2) is 9.30. The Balaban J connectivity index is 1.64. The molecule has 0 saturated carbocycles. The van der Waals surface area contributed by atoms with Crippen LogP contribution in [0.5, 0.6) is 0 Å². The number of anilines is 2. The van der Waals surface area contributed by atoms with Gasteiger partial charge in [0.25, 0.3) is 5.91 Å². The predicted molar refractivity (Wildman–Crippen MR) is 130 cm³/mol. The van der Waals surface area contributed by atoms with Crippen LogP contribution >= 0.6 is 11.3 Å². The van der Waals surface area contributed by atoms with Gasteiger partial charge in [-0.3, -0.25) is 9.59 Å². The van der Waals surface area contributed by atoms with E-state index in [-0.39, 0.29) is 18.0 Å². The molecule has 2 heterocycles. The molecule has 33 heavy (non-hydrogen) atoms. The number of nitrogens with one attached hydrogen (secondary N) is 1. The molecule has 2 amide bonds. The van der Waals surface area contributed by atoms with Gasteiger partial charge in [0.05, 0.1) is 15.8 Å². The minimum Gasteiger partial charge on any atom is -0.478 e. The van der Waals surface area contributed by atoms with Gasteiger partial charge in [-0.1, -0.05) is 18.2 Å². The van der Waals surface area contributed by atoms with Crippen LogP contribution in [0.15, 0.2) is 66.0 Å². The van der Waals surface area contributed by atoms with Gasteiger partial charge in [0, 0.05) is 17.9 Å². The van der Waals surface area contributed by atoms with Crippen LogP contribution in [0.4, 0.5) is 11.4 Å². The number of nitrogens with zero attached hydrogens (tertiary/aromatic N) is 2. The van der Waals surface area contributed by atoms with Gasteiger partial charge in [0.1, 0.15) is 12.2 Å². The fourth-order valence-corrected chi connectivity index (χ4v) is 4.60. The molecule has 0 spiro atoms. The molecule has 0 fully saturated rings. The molecule has 2 aromatic carbocycles. The maximum atomic E-state index is 13.3. The van der Waals surface area contributed by atoms with E-state index >= 15 is 0 Å². The Labute approximate surface area is 194 Å². The van der Waals surface area contributed by atoms with Crippen molar-refractivity contribution in [2.45, 2.75) is 20.4 Å². The van der Waals surface area contributed by atoms with Crippen molar-refractivity contribution >= 4 is 50.7 Å². The molecule has 0 aliphatic rings. The third kappa shape index (κ3) is 4.65. The first-order valence-electron chi connectivity index (χ1n) is 10.5. The number of hydrogen-bond acceptors (Lipinski definition) is 4. The van der Waals surface area contributed by atoms with Crippen molar-refractivity contribution in [2.24, 2.45) is 0 Å². The molecule has 0 saturated heterocycles. The lowest BCUT2D eigenvalue weighted by Crippen LogP contribution is -2.34. The van der Waals surface area contributed by atoms with Gasteiger partial charge < -0.3 is 19.9 Å². The van der Waals surface area contributed by atoms with Crippen molar-refractivity contribution in [3.05, 3.63) is 82.9 Å². The number of fused-ring (bicyclic) bond motifs is 1. The molecule has 0 aliphatic heterocycles. The highest BCUT2D eigenvalue weighted by molar-refractivity contribution is 7.17. The number of hydrogen-bond donors (Lipinski definition) is 2. The number of carboxylic acids is 1. The number of amides is 2. The maximum absolute atomic E-state index is 13.3. The summed E-state index contributed by atoms with van der Waals surface area (Å²) in [5.74, 6) is -1.61. The second-order valence-corrected chi connectivity index (χ2v) is 8.55. The van der Waals surface area contributed by atoms with Crippen LogP contribution < -0.4 is 10.2 Å². The molecule has 4 aromatic rings. The third-order valence-corrected chi connectivity index (χ3v) is 6.20. The summed E-state index contributed by atoms with van der Waals surface area (Å²) in [7, 11) is 0. The van der Waals surface area contributed by atoms with Crippen LogP contribution in [-0.4, -0.2) is 34.0 Å². The maximum Gasteiger partial charge on any atom is 0.335 e. The first-order valence-corrected chi connectivity index (χ1v) is 11.3. The van der Waals surface area contributed by atoms with E-state index in [1.165, 1.54) is 23.5 Å². The molecule has 2 aromatic heterocycles. The molecule has 0 unspecified atom stereocenters. The molecule has 0 atom stereocenters. The summed E-state index contributed by atoms with van der Waals surface area (Å²) in [6.45, 7) is 4.39. The quantitative estimate of drug-likeness (QED) is 0.404. The van der Waals surface area contributed by atoms with Crippen molar-refractivity contribution in [1.29, 1.82) is 0 Å². The summed E-state index contributed by atoms with van der Waals surface area (Å²) in [6.07, 6.45) is 0. The van der Waals surface area contributed by atoms with Gasteiger partial charge in [0.2, 0.25) is 5.91 Å². The van der Waals surface area contributed by atoms with Crippen molar-refractivity contribution in [1.82, 2.24) is 4.57 Å². The number of rotatable bonds is 7. The number of aromatic nitrogens is 1. The van der Waals surface area contributed by atoms with Crippen molar-refractivity contribution in [2.75, 3.05) is 16.8 Å². The number of carbonyl (C=O) groups excluding carboxylic acids is 2. The summed E-state index contributed by atoms with van der Waals surface area (Å²) in [5.41, 5.74) is 3.47.